The average Bonchev–Trinajstić information content (AvgIpc) is 2.56. The predicted molar refractivity (Wildman–Crippen MR) is 97.9 cm³/mol. The summed E-state index contributed by atoms with van der Waals surface area (Å²) in [6.45, 7) is -0.134. The molecular weight excluding hydrogens is 419 g/mol. The van der Waals surface area contributed by atoms with Crippen LogP contribution in [0.3, 0.4) is 0 Å². The lowest BCUT2D eigenvalue weighted by Crippen LogP contribution is -2.33. The normalized spacial score (nSPS) is 10.3. The Morgan fingerprint density at radius 2 is 1.92 bits per heavy atom. The number of para-hydroxylation sites is 1. The molecule has 126 valence electrons. The average molecular weight is 432 g/mol. The first-order valence-corrected chi connectivity index (χ1v) is 9.00. The van der Waals surface area contributed by atoms with Crippen molar-refractivity contribution in [1.82, 2.24) is 5.32 Å². The monoisotopic (exact) mass is 430 g/mol. The molecule has 0 saturated heterocycles. The van der Waals surface area contributed by atoms with E-state index in [4.69, 9.17) is 11.6 Å². The van der Waals surface area contributed by atoms with Crippen LogP contribution in [0.4, 0.5) is 10.1 Å². The highest BCUT2D eigenvalue weighted by Gasteiger charge is 2.09. The van der Waals surface area contributed by atoms with E-state index in [1.807, 2.05) is 6.07 Å². The first kappa shape index (κ1) is 18.8. The molecule has 0 aliphatic heterocycles. The smallest absolute Gasteiger partial charge is 0.243 e. The van der Waals surface area contributed by atoms with Crippen LogP contribution in [0.25, 0.3) is 0 Å². The van der Waals surface area contributed by atoms with Crippen LogP contribution in [-0.4, -0.2) is 24.1 Å². The summed E-state index contributed by atoms with van der Waals surface area (Å²) in [7, 11) is 0. The molecule has 0 spiro atoms. The molecule has 2 N–H and O–H groups in total. The topological polar surface area (TPSA) is 58.2 Å². The minimum atomic E-state index is -0.505. The second-order valence-corrected chi connectivity index (χ2v) is 6.98. The summed E-state index contributed by atoms with van der Waals surface area (Å²) >= 11 is 10.2. The molecule has 0 bridgehead atoms. The van der Waals surface area contributed by atoms with Gasteiger partial charge in [-0.15, -0.1) is 11.8 Å². The van der Waals surface area contributed by atoms with E-state index in [1.54, 1.807) is 24.3 Å². The third-order valence-electron chi connectivity index (χ3n) is 2.86. The summed E-state index contributed by atoms with van der Waals surface area (Å²) < 4.78 is 13.8. The molecule has 0 saturated carbocycles. The minimum absolute atomic E-state index is 0.00761. The maximum Gasteiger partial charge on any atom is 0.243 e. The second-order valence-electron chi connectivity index (χ2n) is 4.67. The number of nitrogens with one attached hydrogen (secondary N) is 2. The Bertz CT molecular complexity index is 761. The summed E-state index contributed by atoms with van der Waals surface area (Å²) in [5.41, 5.74) is 0.632. The van der Waals surface area contributed by atoms with Crippen LogP contribution in [0, 0.1) is 5.82 Å². The Balaban J connectivity index is 1.75. The molecule has 0 fully saturated rings. The van der Waals surface area contributed by atoms with Gasteiger partial charge >= 0.3 is 0 Å². The lowest BCUT2D eigenvalue weighted by atomic mass is 10.3. The lowest BCUT2D eigenvalue weighted by Gasteiger charge is -2.08. The molecule has 0 aliphatic rings. The molecule has 8 heteroatoms. The van der Waals surface area contributed by atoms with Crippen LogP contribution in [0.15, 0.2) is 51.8 Å². The van der Waals surface area contributed by atoms with Crippen molar-refractivity contribution >= 4 is 56.8 Å². The van der Waals surface area contributed by atoms with Crippen molar-refractivity contribution in [3.63, 3.8) is 0 Å². The van der Waals surface area contributed by atoms with Gasteiger partial charge in [-0.3, -0.25) is 9.59 Å². The molecule has 2 aromatic rings. The van der Waals surface area contributed by atoms with E-state index < -0.39 is 5.82 Å². The molecule has 24 heavy (non-hydrogen) atoms. The molecule has 0 aliphatic carbocycles. The van der Waals surface area contributed by atoms with Crippen LogP contribution < -0.4 is 10.6 Å². The Hall–Kier alpha value is -1.57. The van der Waals surface area contributed by atoms with Gasteiger partial charge in [-0.1, -0.05) is 23.7 Å². The van der Waals surface area contributed by atoms with E-state index in [1.165, 1.54) is 23.9 Å². The maximum absolute atomic E-state index is 13.0. The van der Waals surface area contributed by atoms with Crippen molar-refractivity contribution in [2.75, 3.05) is 17.6 Å². The minimum Gasteiger partial charge on any atom is -0.346 e. The van der Waals surface area contributed by atoms with Crippen molar-refractivity contribution in [2.45, 2.75) is 4.90 Å². The molecule has 4 nitrogen and oxygen atoms in total. The van der Waals surface area contributed by atoms with Crippen LogP contribution in [-0.2, 0) is 9.59 Å². The standard InChI is InChI=1S/C16H13BrClFN2O2S/c17-11-3-1-2-4-14(11)21-15(22)8-20-16(23)9-24-10-5-6-13(19)12(18)7-10/h1-7H,8-9H2,(H,20,23)(H,21,22). The molecule has 0 aromatic heterocycles. The lowest BCUT2D eigenvalue weighted by molar-refractivity contribution is -0.122. The zero-order valence-corrected chi connectivity index (χ0v) is 15.5. The van der Waals surface area contributed by atoms with Gasteiger partial charge in [0.1, 0.15) is 5.82 Å². The number of carbonyl (C=O) groups is 2. The first-order valence-electron chi connectivity index (χ1n) is 6.84. The highest BCUT2D eigenvalue weighted by molar-refractivity contribution is 9.10. The molecule has 2 rings (SSSR count). The molecule has 0 heterocycles. The van der Waals surface area contributed by atoms with Crippen molar-refractivity contribution in [3.05, 3.63) is 57.8 Å². The fourth-order valence-corrected chi connectivity index (χ4v) is 3.10. The van der Waals surface area contributed by atoms with E-state index in [9.17, 15) is 14.0 Å². The number of halogens is 3. The summed E-state index contributed by atoms with van der Waals surface area (Å²) in [5.74, 6) is -1.04. The fourth-order valence-electron chi connectivity index (χ4n) is 1.70. The second kappa shape index (κ2) is 9.05. The van der Waals surface area contributed by atoms with E-state index in [0.29, 0.717) is 10.6 Å². The highest BCUT2D eigenvalue weighted by Crippen LogP contribution is 2.24. The Kier molecular flexibility index (Phi) is 7.08. The fraction of sp³-hybridized carbons (Fsp3) is 0.125. The summed E-state index contributed by atoms with van der Waals surface area (Å²) in [6.07, 6.45) is 0. The van der Waals surface area contributed by atoms with E-state index in [2.05, 4.69) is 26.6 Å². The molecule has 0 radical (unpaired) electrons. The third-order valence-corrected chi connectivity index (χ3v) is 4.83. The van der Waals surface area contributed by atoms with E-state index in [0.717, 1.165) is 4.47 Å². The van der Waals surface area contributed by atoms with Crippen LogP contribution in [0.5, 0.6) is 0 Å². The van der Waals surface area contributed by atoms with Crippen LogP contribution in [0.1, 0.15) is 0 Å². The number of carbonyl (C=O) groups excluding carboxylic acids is 2. The van der Waals surface area contributed by atoms with E-state index >= 15 is 0 Å². The van der Waals surface area contributed by atoms with Crippen molar-refractivity contribution in [1.29, 1.82) is 0 Å². The van der Waals surface area contributed by atoms with Gasteiger partial charge in [-0.25, -0.2) is 4.39 Å². The van der Waals surface area contributed by atoms with E-state index in [-0.39, 0.29) is 29.1 Å². The summed E-state index contributed by atoms with van der Waals surface area (Å²) in [5, 5.41) is 5.22. The molecular formula is C16H13BrClFN2O2S. The van der Waals surface area contributed by atoms with Gasteiger partial charge < -0.3 is 10.6 Å². The maximum atomic E-state index is 13.0. The molecule has 0 unspecified atom stereocenters. The third kappa shape index (κ3) is 5.81. The van der Waals surface area contributed by atoms with Gasteiger partial charge in [-0.2, -0.15) is 0 Å². The van der Waals surface area contributed by atoms with Gasteiger partial charge in [0.15, 0.2) is 0 Å². The zero-order valence-electron chi connectivity index (χ0n) is 12.3. The number of hydrogen-bond donors (Lipinski definition) is 2. The number of thioether (sulfide) groups is 1. The van der Waals surface area contributed by atoms with Gasteiger partial charge in [0.05, 0.1) is 23.0 Å². The largest absolute Gasteiger partial charge is 0.346 e. The summed E-state index contributed by atoms with van der Waals surface area (Å²) in [6, 6.07) is 11.4. The van der Waals surface area contributed by atoms with Gasteiger partial charge in [0.25, 0.3) is 0 Å². The Morgan fingerprint density at radius 3 is 2.62 bits per heavy atom. The zero-order chi connectivity index (χ0) is 17.5. The van der Waals surface area contributed by atoms with Gasteiger partial charge in [0.2, 0.25) is 11.8 Å². The molecule has 2 aromatic carbocycles. The highest BCUT2D eigenvalue weighted by atomic mass is 79.9. The summed E-state index contributed by atoms with van der Waals surface area (Å²) in [4.78, 5) is 24.3. The van der Waals surface area contributed by atoms with Crippen molar-refractivity contribution < 1.29 is 14.0 Å². The molecule has 2 amide bonds. The number of anilines is 1. The Morgan fingerprint density at radius 1 is 1.17 bits per heavy atom. The van der Waals surface area contributed by atoms with Crippen molar-refractivity contribution in [3.8, 4) is 0 Å². The molecule has 0 atom stereocenters. The number of amides is 2. The van der Waals surface area contributed by atoms with Crippen LogP contribution in [0.2, 0.25) is 5.02 Å². The first-order chi connectivity index (χ1) is 11.5. The van der Waals surface area contributed by atoms with Crippen LogP contribution >= 0.6 is 39.3 Å². The van der Waals surface area contributed by atoms with Gasteiger partial charge in [0, 0.05) is 9.37 Å². The Labute approximate surface area is 156 Å². The number of benzene rings is 2. The van der Waals surface area contributed by atoms with Gasteiger partial charge in [-0.05, 0) is 46.3 Å². The predicted octanol–water partition coefficient (Wildman–Crippen LogP) is 4.09. The SMILES string of the molecule is O=C(CSc1ccc(F)c(Cl)c1)NCC(=O)Nc1ccccc1Br. The number of rotatable bonds is 6. The number of hydrogen-bond acceptors (Lipinski definition) is 3. The van der Waals surface area contributed by atoms with Crippen molar-refractivity contribution in [2.24, 2.45) is 0 Å². The quantitative estimate of drug-likeness (QED) is 0.677.